The van der Waals surface area contributed by atoms with E-state index >= 15 is 0 Å². The van der Waals surface area contributed by atoms with Crippen molar-refractivity contribution >= 4 is 17.5 Å². The number of hydrogen-bond acceptors (Lipinski definition) is 3. The van der Waals surface area contributed by atoms with Gasteiger partial charge in [0.15, 0.2) is 0 Å². The molecule has 0 amide bonds. The molecule has 1 rings (SSSR count). The molecule has 0 unspecified atom stereocenters. The van der Waals surface area contributed by atoms with Crippen molar-refractivity contribution in [2.45, 2.75) is 6.42 Å². The largest absolute Gasteiger partial charge is 0.368 e. The summed E-state index contributed by atoms with van der Waals surface area (Å²) in [4.78, 5) is 7.64. The van der Waals surface area contributed by atoms with E-state index in [0.717, 1.165) is 0 Å². The smallest absolute Gasteiger partial charge is 0.221 e. The summed E-state index contributed by atoms with van der Waals surface area (Å²) < 4.78 is 0. The summed E-state index contributed by atoms with van der Waals surface area (Å²) in [6.07, 6.45) is 2.23. The van der Waals surface area contributed by atoms with Crippen molar-refractivity contribution in [3.05, 3.63) is 18.0 Å². The van der Waals surface area contributed by atoms with E-state index in [1.807, 2.05) is 0 Å². The predicted octanol–water partition coefficient (Wildman–Crippen LogP) is 1.04. The minimum Gasteiger partial charge on any atom is -0.368 e. The number of nitrogens with two attached hydrogens (primary N) is 1. The van der Waals surface area contributed by atoms with Crippen LogP contribution >= 0.6 is 11.6 Å². The fourth-order valence-corrected chi connectivity index (χ4v) is 0.738. The zero-order valence-electron chi connectivity index (χ0n) is 6.42. The number of aromatic nitrogens is 2. The number of hydrogen-bond donors (Lipinski definition) is 1. The number of alkyl halides is 1. The molecule has 3 nitrogen and oxygen atoms in total. The molecule has 1 heterocycles. The number of rotatable bonds is 1. The SMILES string of the molecule is Nc1nccc(C#CCCCl)n1. The highest BCUT2D eigenvalue weighted by Crippen LogP contribution is 1.93. The third kappa shape index (κ3) is 2.77. The Bertz CT molecular complexity index is 314. The monoisotopic (exact) mass is 181 g/mol. The molecule has 0 aliphatic rings. The molecular weight excluding hydrogens is 174 g/mol. The second-order valence-electron chi connectivity index (χ2n) is 2.04. The van der Waals surface area contributed by atoms with E-state index in [2.05, 4.69) is 21.8 Å². The number of anilines is 1. The van der Waals surface area contributed by atoms with Gasteiger partial charge >= 0.3 is 0 Å². The first-order chi connectivity index (χ1) is 5.83. The second kappa shape index (κ2) is 4.58. The molecule has 0 fully saturated rings. The van der Waals surface area contributed by atoms with Crippen LogP contribution < -0.4 is 5.73 Å². The van der Waals surface area contributed by atoms with Gasteiger partial charge < -0.3 is 5.73 Å². The lowest BCUT2D eigenvalue weighted by Crippen LogP contribution is -1.94. The van der Waals surface area contributed by atoms with Crippen molar-refractivity contribution in [2.24, 2.45) is 0 Å². The van der Waals surface area contributed by atoms with E-state index in [1.54, 1.807) is 12.3 Å². The quantitative estimate of drug-likeness (QED) is 0.520. The number of nitrogens with zero attached hydrogens (tertiary/aromatic N) is 2. The fourth-order valence-electron chi connectivity index (χ4n) is 0.644. The Labute approximate surface area is 76.0 Å². The van der Waals surface area contributed by atoms with Crippen LogP contribution in [0.15, 0.2) is 12.3 Å². The van der Waals surface area contributed by atoms with E-state index in [-0.39, 0.29) is 5.95 Å². The molecule has 62 valence electrons. The standard InChI is InChI=1S/C8H8ClN3/c9-5-2-1-3-7-4-6-11-8(10)12-7/h4,6H,2,5H2,(H2,10,11,12). The average Bonchev–Trinajstić information content (AvgIpc) is 2.05. The van der Waals surface area contributed by atoms with Crippen LogP contribution in [0, 0.1) is 11.8 Å². The summed E-state index contributed by atoms with van der Waals surface area (Å²) in [6, 6.07) is 1.71. The van der Waals surface area contributed by atoms with Crippen LogP contribution in [0.3, 0.4) is 0 Å². The van der Waals surface area contributed by atoms with Crippen molar-refractivity contribution in [1.82, 2.24) is 9.97 Å². The highest BCUT2D eigenvalue weighted by atomic mass is 35.5. The Morgan fingerprint density at radius 3 is 3.08 bits per heavy atom. The highest BCUT2D eigenvalue weighted by molar-refractivity contribution is 6.18. The topological polar surface area (TPSA) is 51.8 Å². The normalized spacial score (nSPS) is 8.75. The zero-order chi connectivity index (χ0) is 8.81. The van der Waals surface area contributed by atoms with E-state index < -0.39 is 0 Å². The Morgan fingerprint density at radius 2 is 2.42 bits per heavy atom. The number of halogens is 1. The molecule has 0 aromatic carbocycles. The first kappa shape index (κ1) is 8.82. The van der Waals surface area contributed by atoms with Crippen LogP contribution in [0.1, 0.15) is 12.1 Å². The van der Waals surface area contributed by atoms with E-state index in [9.17, 15) is 0 Å². The van der Waals surface area contributed by atoms with E-state index in [1.165, 1.54) is 0 Å². The first-order valence-electron chi connectivity index (χ1n) is 3.46. The van der Waals surface area contributed by atoms with Crippen LogP contribution in [-0.4, -0.2) is 15.8 Å². The third-order valence-electron chi connectivity index (χ3n) is 1.11. The summed E-state index contributed by atoms with van der Waals surface area (Å²) in [5, 5.41) is 0. The van der Waals surface area contributed by atoms with Crippen molar-refractivity contribution in [3.63, 3.8) is 0 Å². The first-order valence-corrected chi connectivity index (χ1v) is 4.00. The maximum Gasteiger partial charge on any atom is 0.221 e. The minimum absolute atomic E-state index is 0.243. The minimum atomic E-state index is 0.243. The third-order valence-corrected chi connectivity index (χ3v) is 1.30. The van der Waals surface area contributed by atoms with Gasteiger partial charge in [0.1, 0.15) is 5.69 Å². The van der Waals surface area contributed by atoms with Gasteiger partial charge in [-0.2, -0.15) is 0 Å². The second-order valence-corrected chi connectivity index (χ2v) is 2.42. The molecular formula is C8H8ClN3. The lowest BCUT2D eigenvalue weighted by molar-refractivity contribution is 1.16. The van der Waals surface area contributed by atoms with Gasteiger partial charge in [-0.05, 0) is 12.0 Å². The molecule has 0 aliphatic heterocycles. The Balaban J connectivity index is 2.71. The van der Waals surface area contributed by atoms with Gasteiger partial charge in [-0.3, -0.25) is 0 Å². The van der Waals surface area contributed by atoms with Crippen molar-refractivity contribution in [3.8, 4) is 11.8 Å². The van der Waals surface area contributed by atoms with Gasteiger partial charge in [-0.15, -0.1) is 11.6 Å². The summed E-state index contributed by atoms with van der Waals surface area (Å²) >= 11 is 5.44. The maximum atomic E-state index is 5.44. The average molecular weight is 182 g/mol. The lowest BCUT2D eigenvalue weighted by atomic mass is 10.4. The van der Waals surface area contributed by atoms with Gasteiger partial charge in [-0.1, -0.05) is 5.92 Å². The molecule has 0 bridgehead atoms. The van der Waals surface area contributed by atoms with Crippen molar-refractivity contribution in [1.29, 1.82) is 0 Å². The molecule has 1 aromatic heterocycles. The molecule has 2 N–H and O–H groups in total. The Hall–Kier alpha value is -1.27. The van der Waals surface area contributed by atoms with Gasteiger partial charge in [0.2, 0.25) is 5.95 Å². The summed E-state index contributed by atoms with van der Waals surface area (Å²) in [5.74, 6) is 6.45. The number of nitrogen functional groups attached to an aromatic ring is 1. The summed E-state index contributed by atoms with van der Waals surface area (Å²) in [5.41, 5.74) is 5.98. The zero-order valence-corrected chi connectivity index (χ0v) is 7.17. The molecule has 0 atom stereocenters. The van der Waals surface area contributed by atoms with Gasteiger partial charge in [0.05, 0.1) is 0 Å². The van der Waals surface area contributed by atoms with Crippen molar-refractivity contribution < 1.29 is 0 Å². The lowest BCUT2D eigenvalue weighted by Gasteiger charge is -1.89. The van der Waals surface area contributed by atoms with Gasteiger partial charge in [0, 0.05) is 18.5 Å². The van der Waals surface area contributed by atoms with Crippen LogP contribution in [0.5, 0.6) is 0 Å². The summed E-state index contributed by atoms with van der Waals surface area (Å²) in [6.45, 7) is 0. The van der Waals surface area contributed by atoms with Crippen LogP contribution in [0.4, 0.5) is 5.95 Å². The molecule has 0 spiro atoms. The van der Waals surface area contributed by atoms with Crippen LogP contribution in [-0.2, 0) is 0 Å². The van der Waals surface area contributed by atoms with Crippen LogP contribution in [0.2, 0.25) is 0 Å². The Morgan fingerprint density at radius 1 is 1.58 bits per heavy atom. The maximum absolute atomic E-state index is 5.44. The predicted molar refractivity (Wildman–Crippen MR) is 48.7 cm³/mol. The highest BCUT2D eigenvalue weighted by Gasteiger charge is 1.88. The fraction of sp³-hybridized carbons (Fsp3) is 0.250. The molecule has 0 saturated heterocycles. The van der Waals surface area contributed by atoms with E-state index in [0.29, 0.717) is 18.0 Å². The molecule has 4 heteroatoms. The Kier molecular flexibility index (Phi) is 3.36. The van der Waals surface area contributed by atoms with Crippen LogP contribution in [0.25, 0.3) is 0 Å². The molecule has 1 aromatic rings. The summed E-state index contributed by atoms with van der Waals surface area (Å²) in [7, 11) is 0. The van der Waals surface area contributed by atoms with Gasteiger partial charge in [-0.25, -0.2) is 9.97 Å². The molecule has 0 radical (unpaired) electrons. The molecule has 0 aliphatic carbocycles. The molecule has 0 saturated carbocycles. The van der Waals surface area contributed by atoms with E-state index in [4.69, 9.17) is 17.3 Å². The van der Waals surface area contributed by atoms with Crippen molar-refractivity contribution in [2.75, 3.05) is 11.6 Å². The molecule has 12 heavy (non-hydrogen) atoms. The van der Waals surface area contributed by atoms with Gasteiger partial charge in [0.25, 0.3) is 0 Å².